The minimum atomic E-state index is -0.126. The third-order valence-corrected chi connectivity index (χ3v) is 2.60. The molecule has 0 radical (unpaired) electrons. The molecule has 1 aliphatic rings. The third-order valence-electron chi connectivity index (χ3n) is 2.60. The molecule has 0 aromatic carbocycles. The zero-order chi connectivity index (χ0) is 12.0. The third kappa shape index (κ3) is 4.17. The van der Waals surface area contributed by atoms with Gasteiger partial charge in [0.05, 0.1) is 31.1 Å². The molecule has 2 atom stereocenters. The summed E-state index contributed by atoms with van der Waals surface area (Å²) < 4.78 is 5.46. The van der Waals surface area contributed by atoms with Crippen LogP contribution >= 0.6 is 0 Å². The van der Waals surface area contributed by atoms with Crippen LogP contribution in [0, 0.1) is 17.2 Å². The largest absolute Gasteiger partial charge is 0.375 e. The van der Waals surface area contributed by atoms with E-state index in [0.29, 0.717) is 19.6 Å². The van der Waals surface area contributed by atoms with Gasteiger partial charge in [-0.05, 0) is 6.92 Å². The van der Waals surface area contributed by atoms with Gasteiger partial charge >= 0.3 is 0 Å². The van der Waals surface area contributed by atoms with Crippen molar-refractivity contribution in [1.82, 2.24) is 10.2 Å². The van der Waals surface area contributed by atoms with E-state index in [4.69, 9.17) is 10.00 Å². The SMILES string of the molecule is CC(C#N)CN(C)C(=O)CC1CNCCO1. The fourth-order valence-electron chi connectivity index (χ4n) is 1.65. The van der Waals surface area contributed by atoms with Gasteiger partial charge in [-0.3, -0.25) is 4.79 Å². The van der Waals surface area contributed by atoms with Crippen LogP contribution in [0.15, 0.2) is 0 Å². The van der Waals surface area contributed by atoms with E-state index in [1.807, 2.05) is 6.92 Å². The number of rotatable bonds is 4. The summed E-state index contributed by atoms with van der Waals surface area (Å²) in [5.41, 5.74) is 0. The van der Waals surface area contributed by atoms with Crippen LogP contribution < -0.4 is 5.32 Å². The van der Waals surface area contributed by atoms with Crippen molar-refractivity contribution in [3.8, 4) is 6.07 Å². The molecule has 0 aliphatic carbocycles. The predicted octanol–water partition coefficient (Wildman–Crippen LogP) is -0.0170. The topological polar surface area (TPSA) is 65.4 Å². The number of carbonyl (C=O) groups excluding carboxylic acids is 1. The second-order valence-electron chi connectivity index (χ2n) is 4.21. The molecule has 0 spiro atoms. The first-order valence-corrected chi connectivity index (χ1v) is 5.59. The predicted molar refractivity (Wildman–Crippen MR) is 59.6 cm³/mol. The van der Waals surface area contributed by atoms with Crippen molar-refractivity contribution in [3.05, 3.63) is 0 Å². The van der Waals surface area contributed by atoms with Crippen LogP contribution in [0.3, 0.4) is 0 Å². The lowest BCUT2D eigenvalue weighted by Gasteiger charge is -2.25. The maximum Gasteiger partial charge on any atom is 0.225 e. The molecule has 0 bridgehead atoms. The summed E-state index contributed by atoms with van der Waals surface area (Å²) in [4.78, 5) is 13.4. The van der Waals surface area contributed by atoms with Gasteiger partial charge in [0, 0.05) is 26.7 Å². The van der Waals surface area contributed by atoms with Gasteiger partial charge in [-0.15, -0.1) is 0 Å². The van der Waals surface area contributed by atoms with Crippen LogP contribution in [0.5, 0.6) is 0 Å². The molecule has 0 aromatic heterocycles. The molecule has 1 saturated heterocycles. The Balaban J connectivity index is 2.30. The quantitative estimate of drug-likeness (QED) is 0.730. The van der Waals surface area contributed by atoms with Crippen molar-refractivity contribution in [2.45, 2.75) is 19.4 Å². The Morgan fingerprint density at radius 2 is 2.50 bits per heavy atom. The van der Waals surface area contributed by atoms with E-state index in [1.54, 1.807) is 11.9 Å². The Morgan fingerprint density at radius 1 is 1.75 bits per heavy atom. The molecular weight excluding hydrogens is 206 g/mol. The molecule has 1 aliphatic heterocycles. The molecule has 1 heterocycles. The van der Waals surface area contributed by atoms with Crippen LogP contribution in [-0.4, -0.2) is 50.2 Å². The Morgan fingerprint density at radius 3 is 3.06 bits per heavy atom. The maximum atomic E-state index is 11.8. The summed E-state index contributed by atoms with van der Waals surface area (Å²) in [6, 6.07) is 2.12. The summed E-state index contributed by atoms with van der Waals surface area (Å²) in [5, 5.41) is 11.8. The van der Waals surface area contributed by atoms with Crippen LogP contribution in [0.4, 0.5) is 0 Å². The van der Waals surface area contributed by atoms with E-state index >= 15 is 0 Å². The Hall–Kier alpha value is -1.12. The number of nitrogens with one attached hydrogen (secondary N) is 1. The Labute approximate surface area is 96.4 Å². The number of carbonyl (C=O) groups is 1. The van der Waals surface area contributed by atoms with Gasteiger partial charge in [0.1, 0.15) is 0 Å². The van der Waals surface area contributed by atoms with E-state index in [9.17, 15) is 4.79 Å². The maximum absolute atomic E-state index is 11.8. The van der Waals surface area contributed by atoms with Gasteiger partial charge in [0.25, 0.3) is 0 Å². The van der Waals surface area contributed by atoms with Crippen molar-refractivity contribution in [3.63, 3.8) is 0 Å². The molecule has 5 nitrogen and oxygen atoms in total. The first-order chi connectivity index (χ1) is 7.63. The van der Waals surface area contributed by atoms with Gasteiger partial charge in [0.2, 0.25) is 5.91 Å². The van der Waals surface area contributed by atoms with Crippen LogP contribution in [0.1, 0.15) is 13.3 Å². The Bertz CT molecular complexity index is 269. The molecule has 1 fully saturated rings. The second-order valence-corrected chi connectivity index (χ2v) is 4.21. The minimum Gasteiger partial charge on any atom is -0.375 e. The summed E-state index contributed by atoms with van der Waals surface area (Å²) in [6.07, 6.45) is 0.364. The summed E-state index contributed by atoms with van der Waals surface area (Å²) in [5.74, 6) is -0.0878. The highest BCUT2D eigenvalue weighted by Crippen LogP contribution is 2.05. The minimum absolute atomic E-state index is 0.0268. The second kappa shape index (κ2) is 6.46. The first-order valence-electron chi connectivity index (χ1n) is 5.59. The van der Waals surface area contributed by atoms with Gasteiger partial charge in [-0.2, -0.15) is 5.26 Å². The molecule has 5 heteroatoms. The van der Waals surface area contributed by atoms with Crippen molar-refractivity contribution in [2.75, 3.05) is 33.3 Å². The Kier molecular flexibility index (Phi) is 5.23. The summed E-state index contributed by atoms with van der Waals surface area (Å²) >= 11 is 0. The highest BCUT2D eigenvalue weighted by Gasteiger charge is 2.20. The summed E-state index contributed by atoms with van der Waals surface area (Å²) in [7, 11) is 1.73. The molecule has 90 valence electrons. The first kappa shape index (κ1) is 12.9. The summed E-state index contributed by atoms with van der Waals surface area (Å²) in [6.45, 7) is 4.54. The number of hydrogen-bond acceptors (Lipinski definition) is 4. The van der Waals surface area contributed by atoms with Gasteiger partial charge in [-0.25, -0.2) is 0 Å². The fraction of sp³-hybridized carbons (Fsp3) is 0.818. The lowest BCUT2D eigenvalue weighted by atomic mass is 10.1. The molecule has 1 rings (SSSR count). The van der Waals surface area contributed by atoms with Crippen LogP contribution in [0.2, 0.25) is 0 Å². The number of morpholine rings is 1. The van der Waals surface area contributed by atoms with Crippen molar-refractivity contribution >= 4 is 5.91 Å². The van der Waals surface area contributed by atoms with Gasteiger partial charge < -0.3 is 15.0 Å². The van der Waals surface area contributed by atoms with Crippen molar-refractivity contribution in [1.29, 1.82) is 5.26 Å². The van der Waals surface area contributed by atoms with Crippen LogP contribution in [-0.2, 0) is 9.53 Å². The van der Waals surface area contributed by atoms with Crippen molar-refractivity contribution < 1.29 is 9.53 Å². The number of nitriles is 1. The normalized spacial score (nSPS) is 22.2. The smallest absolute Gasteiger partial charge is 0.225 e. The van der Waals surface area contributed by atoms with E-state index in [-0.39, 0.29) is 17.9 Å². The standard InChI is InChI=1S/C11H19N3O2/c1-9(6-12)8-14(2)11(15)5-10-7-13-3-4-16-10/h9-10,13H,3-5,7-8H2,1-2H3. The van der Waals surface area contributed by atoms with Crippen molar-refractivity contribution in [2.24, 2.45) is 5.92 Å². The van der Waals surface area contributed by atoms with E-state index in [0.717, 1.165) is 13.1 Å². The average molecular weight is 225 g/mol. The highest BCUT2D eigenvalue weighted by atomic mass is 16.5. The van der Waals surface area contributed by atoms with E-state index < -0.39 is 0 Å². The zero-order valence-corrected chi connectivity index (χ0v) is 9.90. The zero-order valence-electron chi connectivity index (χ0n) is 9.90. The molecule has 1 N–H and O–H groups in total. The van der Waals surface area contributed by atoms with Crippen LogP contribution in [0.25, 0.3) is 0 Å². The fourth-order valence-corrected chi connectivity index (χ4v) is 1.65. The molecule has 0 saturated carbocycles. The number of ether oxygens (including phenoxy) is 1. The lowest BCUT2D eigenvalue weighted by Crippen LogP contribution is -2.42. The number of hydrogen-bond donors (Lipinski definition) is 1. The molecule has 1 amide bonds. The molecule has 16 heavy (non-hydrogen) atoms. The number of nitrogens with zero attached hydrogens (tertiary/aromatic N) is 2. The molecule has 2 unspecified atom stereocenters. The van der Waals surface area contributed by atoms with Gasteiger partial charge in [-0.1, -0.05) is 0 Å². The number of amides is 1. The molecular formula is C11H19N3O2. The van der Waals surface area contributed by atoms with E-state index in [2.05, 4.69) is 11.4 Å². The van der Waals surface area contributed by atoms with Gasteiger partial charge in [0.15, 0.2) is 0 Å². The average Bonchev–Trinajstić information content (AvgIpc) is 2.30. The molecule has 0 aromatic rings. The highest BCUT2D eigenvalue weighted by molar-refractivity contribution is 5.76. The van der Waals surface area contributed by atoms with E-state index in [1.165, 1.54) is 0 Å². The monoisotopic (exact) mass is 225 g/mol. The lowest BCUT2D eigenvalue weighted by molar-refractivity contribution is -0.133.